The van der Waals surface area contributed by atoms with Crippen LogP contribution < -0.4 is 9.80 Å². The van der Waals surface area contributed by atoms with Gasteiger partial charge in [0.1, 0.15) is 0 Å². The van der Waals surface area contributed by atoms with Gasteiger partial charge in [0.15, 0.2) is 0 Å². The van der Waals surface area contributed by atoms with Gasteiger partial charge in [0.05, 0.1) is 0 Å². The number of para-hydroxylation sites is 2. The lowest BCUT2D eigenvalue weighted by atomic mass is 9.42. The highest BCUT2D eigenvalue weighted by atomic mass is 15.1. The summed E-state index contributed by atoms with van der Waals surface area (Å²) in [5.41, 5.74) is 17.9. The largest absolute Gasteiger partial charge is 0.311 e. The molecule has 0 radical (unpaired) electrons. The average molecular weight is 873 g/mol. The third-order valence-corrected chi connectivity index (χ3v) is 19.3. The molecule has 334 valence electrons. The van der Waals surface area contributed by atoms with Crippen molar-refractivity contribution in [2.75, 3.05) is 9.80 Å². The zero-order valence-corrected chi connectivity index (χ0v) is 39.5. The molecule has 67 heavy (non-hydrogen) atoms. The first-order chi connectivity index (χ1) is 32.8. The van der Waals surface area contributed by atoms with Gasteiger partial charge in [0, 0.05) is 45.0 Å². The van der Waals surface area contributed by atoms with E-state index in [2.05, 4.69) is 200 Å². The molecular formula is C65H64N2. The molecular weight excluding hydrogens is 809 g/mol. The Balaban J connectivity index is 0.832. The Kier molecular flexibility index (Phi) is 9.05. The third-order valence-electron chi connectivity index (χ3n) is 19.3. The second-order valence-electron chi connectivity index (χ2n) is 23.3. The molecule has 8 saturated carbocycles. The van der Waals surface area contributed by atoms with Crippen LogP contribution in [0.15, 0.2) is 176 Å². The zero-order valence-electron chi connectivity index (χ0n) is 39.5. The summed E-state index contributed by atoms with van der Waals surface area (Å²) in [5.74, 6) is 5.94. The molecule has 0 amide bonds. The third kappa shape index (κ3) is 6.20. The van der Waals surface area contributed by atoms with Crippen LogP contribution in [0, 0.1) is 41.4 Å². The van der Waals surface area contributed by atoms with Crippen LogP contribution in [0.2, 0.25) is 0 Å². The number of benzene rings is 7. The number of nitrogens with zero attached hydrogens (tertiary/aromatic N) is 2. The predicted molar refractivity (Wildman–Crippen MR) is 277 cm³/mol. The van der Waals surface area contributed by atoms with Crippen molar-refractivity contribution in [1.29, 1.82) is 0 Å². The maximum Gasteiger partial charge on any atom is 0.0465 e. The minimum absolute atomic E-state index is 0.00249. The number of anilines is 6. The van der Waals surface area contributed by atoms with E-state index in [1.807, 2.05) is 0 Å². The van der Waals surface area contributed by atoms with Gasteiger partial charge in [-0.2, -0.15) is 0 Å². The van der Waals surface area contributed by atoms with E-state index in [0.29, 0.717) is 17.3 Å². The van der Waals surface area contributed by atoms with Crippen molar-refractivity contribution < 1.29 is 0 Å². The molecule has 8 fully saturated rings. The molecule has 0 unspecified atom stereocenters. The first-order valence-electron chi connectivity index (χ1n) is 26.1. The highest BCUT2D eigenvalue weighted by Crippen LogP contribution is 2.66. The first-order valence-corrected chi connectivity index (χ1v) is 26.1. The highest BCUT2D eigenvalue weighted by molar-refractivity contribution is 5.85. The van der Waals surface area contributed by atoms with Crippen LogP contribution >= 0.6 is 0 Å². The minimum Gasteiger partial charge on any atom is -0.311 e. The smallest absolute Gasteiger partial charge is 0.0465 e. The van der Waals surface area contributed by atoms with E-state index in [1.54, 1.807) is 5.56 Å². The van der Waals surface area contributed by atoms with Gasteiger partial charge in [-0.25, -0.2) is 0 Å². The van der Waals surface area contributed by atoms with E-state index in [-0.39, 0.29) is 10.8 Å². The van der Waals surface area contributed by atoms with Gasteiger partial charge in [0.25, 0.3) is 0 Å². The van der Waals surface area contributed by atoms with Gasteiger partial charge in [-0.1, -0.05) is 117 Å². The standard InChI is InChI=1S/C65H64N2/c1-63(2)61-16-10-9-15-59(61)60-30-29-58(39-62(60)63)67(54-13-7-4-8-14-54)57-27-21-50(22-28-57)65(51-35-43-31-44(37-51)38-52(65)36-43)49-19-25-56(26-20-49)66(53-11-5-3-6-12-53)55-23-17-48(18-24-55)64-40-45-32-46(41-64)34-47(33-45)42-64/h3-30,39,43-47,51-52H,31-38,40-42H2,1-2H3. The van der Waals surface area contributed by atoms with Crippen LogP contribution in [0.5, 0.6) is 0 Å². The molecule has 0 spiro atoms. The second kappa shape index (κ2) is 15.1. The molecule has 0 aromatic heterocycles. The molecule has 0 heterocycles. The Morgan fingerprint density at radius 1 is 0.343 bits per heavy atom. The molecule has 0 N–H and O–H groups in total. The van der Waals surface area contributed by atoms with Crippen LogP contribution in [0.3, 0.4) is 0 Å². The van der Waals surface area contributed by atoms with Crippen LogP contribution in [-0.2, 0) is 16.2 Å². The monoisotopic (exact) mass is 873 g/mol. The summed E-state index contributed by atoms with van der Waals surface area (Å²) in [6.45, 7) is 4.78. The van der Waals surface area contributed by atoms with Crippen LogP contribution in [0.25, 0.3) is 11.1 Å². The summed E-state index contributed by atoms with van der Waals surface area (Å²) in [6, 6.07) is 68.2. The van der Waals surface area contributed by atoms with E-state index in [4.69, 9.17) is 0 Å². The zero-order chi connectivity index (χ0) is 44.5. The molecule has 9 aliphatic rings. The van der Waals surface area contributed by atoms with Gasteiger partial charge in [-0.05, 0) is 229 Å². The lowest BCUT2D eigenvalue weighted by molar-refractivity contribution is -0.0418. The molecule has 0 saturated heterocycles. The normalized spacial score (nSPS) is 30.0. The van der Waals surface area contributed by atoms with Crippen molar-refractivity contribution in [2.24, 2.45) is 41.4 Å². The van der Waals surface area contributed by atoms with Crippen molar-refractivity contribution >= 4 is 34.1 Å². The summed E-state index contributed by atoms with van der Waals surface area (Å²) >= 11 is 0. The fraction of sp³-hybridized carbons (Fsp3) is 0.354. The summed E-state index contributed by atoms with van der Waals surface area (Å²) in [4.78, 5) is 4.98. The Hall–Kier alpha value is -5.86. The fourth-order valence-corrected chi connectivity index (χ4v) is 17.1. The van der Waals surface area contributed by atoms with E-state index < -0.39 is 0 Å². The first kappa shape index (κ1) is 40.2. The van der Waals surface area contributed by atoms with Crippen molar-refractivity contribution in [2.45, 2.75) is 101 Å². The molecule has 2 nitrogen and oxygen atoms in total. The quantitative estimate of drug-likeness (QED) is 0.143. The van der Waals surface area contributed by atoms with Crippen molar-refractivity contribution in [1.82, 2.24) is 0 Å². The SMILES string of the molecule is CC1(C)c2ccccc2-c2ccc(N(c3ccccc3)c3ccc(C4(c5ccc(N(c6ccccc6)c6ccc(C78CC9CC(CC(C9)C7)C8)cc6)cc5)C5CC6CC(C5)CC4C6)cc3)cc21. The number of hydrogen-bond donors (Lipinski definition) is 0. The van der Waals surface area contributed by atoms with Crippen molar-refractivity contribution in [3.8, 4) is 11.1 Å². The Bertz CT molecular complexity index is 2900. The van der Waals surface area contributed by atoms with Crippen LogP contribution in [-0.4, -0.2) is 0 Å². The highest BCUT2D eigenvalue weighted by Gasteiger charge is 2.58. The van der Waals surface area contributed by atoms with Crippen LogP contribution in [0.4, 0.5) is 34.1 Å². The van der Waals surface area contributed by atoms with E-state index in [9.17, 15) is 0 Å². The molecule has 9 aliphatic carbocycles. The number of fused-ring (bicyclic) bond motifs is 3. The number of hydrogen-bond acceptors (Lipinski definition) is 2. The maximum absolute atomic E-state index is 2.55. The van der Waals surface area contributed by atoms with Gasteiger partial charge in [-0.15, -0.1) is 0 Å². The van der Waals surface area contributed by atoms with Gasteiger partial charge in [0.2, 0.25) is 0 Å². The Morgan fingerprint density at radius 2 is 0.731 bits per heavy atom. The fourth-order valence-electron chi connectivity index (χ4n) is 17.1. The molecule has 8 bridgehead atoms. The molecule has 7 aromatic carbocycles. The topological polar surface area (TPSA) is 6.48 Å². The van der Waals surface area contributed by atoms with Gasteiger partial charge >= 0.3 is 0 Å². The van der Waals surface area contributed by atoms with Gasteiger partial charge in [-0.3, -0.25) is 0 Å². The van der Waals surface area contributed by atoms with E-state index >= 15 is 0 Å². The lowest BCUT2D eigenvalue weighted by Gasteiger charge is -2.62. The molecule has 16 rings (SSSR count). The average Bonchev–Trinajstić information content (AvgIpc) is 3.58. The van der Waals surface area contributed by atoms with Crippen molar-refractivity contribution in [3.63, 3.8) is 0 Å². The Labute approximate surface area is 399 Å². The van der Waals surface area contributed by atoms with E-state index in [0.717, 1.165) is 29.6 Å². The van der Waals surface area contributed by atoms with E-state index in [1.165, 1.54) is 138 Å². The number of rotatable bonds is 9. The summed E-state index contributed by atoms with van der Waals surface area (Å²) < 4.78 is 0. The summed E-state index contributed by atoms with van der Waals surface area (Å²) in [5, 5.41) is 0. The van der Waals surface area contributed by atoms with Crippen molar-refractivity contribution in [3.05, 3.63) is 204 Å². The second-order valence-corrected chi connectivity index (χ2v) is 23.3. The summed E-state index contributed by atoms with van der Waals surface area (Å²) in [6.07, 6.45) is 15.5. The summed E-state index contributed by atoms with van der Waals surface area (Å²) in [7, 11) is 0. The maximum atomic E-state index is 2.55. The molecule has 0 aliphatic heterocycles. The molecule has 7 aromatic rings. The molecule has 0 atom stereocenters. The lowest BCUT2D eigenvalue weighted by Crippen LogP contribution is -2.56. The van der Waals surface area contributed by atoms with Gasteiger partial charge < -0.3 is 9.80 Å². The Morgan fingerprint density at radius 3 is 1.24 bits per heavy atom. The molecule has 2 heteroatoms. The van der Waals surface area contributed by atoms with Crippen LogP contribution in [0.1, 0.15) is 112 Å². The minimum atomic E-state index is -0.0635. The predicted octanol–water partition coefficient (Wildman–Crippen LogP) is 17.1.